The molecule has 0 spiro atoms. The molecule has 1 aromatic rings. The molecule has 1 saturated carbocycles. The predicted molar refractivity (Wildman–Crippen MR) is 64.2 cm³/mol. The van der Waals surface area contributed by atoms with Crippen molar-refractivity contribution in [3.05, 3.63) is 23.8 Å². The zero-order valence-corrected chi connectivity index (χ0v) is 9.44. The summed E-state index contributed by atoms with van der Waals surface area (Å²) in [6, 6.07) is 5.84. The summed E-state index contributed by atoms with van der Waals surface area (Å²) in [7, 11) is 0. The lowest BCUT2D eigenvalue weighted by Crippen LogP contribution is -2.30. The molecule has 1 amide bonds. The number of fused-ring (bicyclic) bond motifs is 1. The van der Waals surface area contributed by atoms with Crippen molar-refractivity contribution < 1.29 is 4.79 Å². The standard InChI is InChI=1S/C13H16N2O/c1-8-6-11(8)13(16)15-5-4-9-7-10(14)2-3-12(9)15/h2-3,7-8,11H,4-6,14H2,1H3. The molecule has 1 aromatic carbocycles. The van der Waals surface area contributed by atoms with Gasteiger partial charge in [-0.15, -0.1) is 0 Å². The first-order valence-electron chi connectivity index (χ1n) is 5.86. The lowest BCUT2D eigenvalue weighted by molar-refractivity contribution is -0.119. The Hall–Kier alpha value is -1.51. The smallest absolute Gasteiger partial charge is 0.230 e. The summed E-state index contributed by atoms with van der Waals surface area (Å²) in [5.41, 5.74) is 8.81. The van der Waals surface area contributed by atoms with E-state index >= 15 is 0 Å². The van der Waals surface area contributed by atoms with E-state index in [9.17, 15) is 4.79 Å². The second kappa shape index (κ2) is 3.24. The monoisotopic (exact) mass is 216 g/mol. The molecule has 0 aromatic heterocycles. The van der Waals surface area contributed by atoms with Gasteiger partial charge in [-0.1, -0.05) is 6.92 Å². The highest BCUT2D eigenvalue weighted by atomic mass is 16.2. The number of hydrogen-bond acceptors (Lipinski definition) is 2. The van der Waals surface area contributed by atoms with Crippen LogP contribution in [0.3, 0.4) is 0 Å². The highest BCUT2D eigenvalue weighted by molar-refractivity contribution is 5.98. The molecule has 16 heavy (non-hydrogen) atoms. The molecule has 0 radical (unpaired) electrons. The first-order chi connectivity index (χ1) is 7.66. The van der Waals surface area contributed by atoms with Crippen LogP contribution in [0.25, 0.3) is 0 Å². The Morgan fingerprint density at radius 2 is 2.25 bits per heavy atom. The van der Waals surface area contributed by atoms with Gasteiger partial charge < -0.3 is 10.6 Å². The lowest BCUT2D eigenvalue weighted by atomic mass is 10.1. The molecule has 84 valence electrons. The van der Waals surface area contributed by atoms with Gasteiger partial charge in [0.1, 0.15) is 0 Å². The molecular weight excluding hydrogens is 200 g/mol. The molecule has 2 aliphatic rings. The van der Waals surface area contributed by atoms with Crippen molar-refractivity contribution in [2.45, 2.75) is 19.8 Å². The van der Waals surface area contributed by atoms with Gasteiger partial charge in [-0.25, -0.2) is 0 Å². The van der Waals surface area contributed by atoms with Crippen LogP contribution < -0.4 is 10.6 Å². The Balaban J connectivity index is 1.88. The van der Waals surface area contributed by atoms with Crippen LogP contribution >= 0.6 is 0 Å². The Bertz CT molecular complexity index is 455. The number of carbonyl (C=O) groups is 1. The van der Waals surface area contributed by atoms with Gasteiger partial charge in [0.15, 0.2) is 0 Å². The van der Waals surface area contributed by atoms with E-state index in [4.69, 9.17) is 5.73 Å². The van der Waals surface area contributed by atoms with Crippen LogP contribution in [-0.2, 0) is 11.2 Å². The largest absolute Gasteiger partial charge is 0.399 e. The van der Waals surface area contributed by atoms with Gasteiger partial charge >= 0.3 is 0 Å². The predicted octanol–water partition coefficient (Wildman–Crippen LogP) is 1.81. The number of hydrogen-bond donors (Lipinski definition) is 1. The minimum absolute atomic E-state index is 0.267. The number of nitrogens with two attached hydrogens (primary N) is 1. The quantitative estimate of drug-likeness (QED) is 0.728. The molecule has 1 heterocycles. The Morgan fingerprint density at radius 3 is 2.94 bits per heavy atom. The van der Waals surface area contributed by atoms with Crippen LogP contribution in [0.1, 0.15) is 18.9 Å². The van der Waals surface area contributed by atoms with Gasteiger partial charge in [-0.05, 0) is 42.5 Å². The third-order valence-corrected chi connectivity index (χ3v) is 3.69. The van der Waals surface area contributed by atoms with Crippen molar-refractivity contribution in [2.75, 3.05) is 17.2 Å². The molecule has 1 aliphatic carbocycles. The van der Waals surface area contributed by atoms with E-state index in [0.717, 1.165) is 30.8 Å². The number of anilines is 2. The fourth-order valence-electron chi connectivity index (χ4n) is 2.52. The van der Waals surface area contributed by atoms with E-state index in [1.807, 2.05) is 23.1 Å². The minimum Gasteiger partial charge on any atom is -0.399 e. The summed E-state index contributed by atoms with van der Waals surface area (Å²) in [5, 5.41) is 0. The summed E-state index contributed by atoms with van der Waals surface area (Å²) < 4.78 is 0. The van der Waals surface area contributed by atoms with Crippen LogP contribution in [-0.4, -0.2) is 12.5 Å². The zero-order chi connectivity index (χ0) is 11.3. The van der Waals surface area contributed by atoms with Gasteiger partial charge in [0.2, 0.25) is 5.91 Å². The lowest BCUT2D eigenvalue weighted by Gasteiger charge is -2.17. The molecule has 3 heteroatoms. The van der Waals surface area contributed by atoms with Gasteiger partial charge in [0.25, 0.3) is 0 Å². The number of amides is 1. The van der Waals surface area contributed by atoms with Gasteiger partial charge in [-0.3, -0.25) is 4.79 Å². The summed E-state index contributed by atoms with van der Waals surface area (Å²) in [4.78, 5) is 14.1. The fraction of sp³-hybridized carbons (Fsp3) is 0.462. The highest BCUT2D eigenvalue weighted by Gasteiger charge is 2.43. The molecule has 0 saturated heterocycles. The summed E-state index contributed by atoms with van der Waals surface area (Å²) in [5.74, 6) is 1.14. The summed E-state index contributed by atoms with van der Waals surface area (Å²) in [6.07, 6.45) is 1.99. The van der Waals surface area contributed by atoms with Crippen molar-refractivity contribution in [3.63, 3.8) is 0 Å². The number of carbonyl (C=O) groups excluding carboxylic acids is 1. The number of rotatable bonds is 1. The molecule has 3 rings (SSSR count). The van der Waals surface area contributed by atoms with Crippen LogP contribution in [0, 0.1) is 11.8 Å². The van der Waals surface area contributed by atoms with E-state index < -0.39 is 0 Å². The molecular formula is C13H16N2O. The maximum Gasteiger partial charge on any atom is 0.230 e. The normalized spacial score (nSPS) is 26.7. The van der Waals surface area contributed by atoms with E-state index in [2.05, 4.69) is 6.92 Å². The Morgan fingerprint density at radius 1 is 1.50 bits per heavy atom. The third-order valence-electron chi connectivity index (χ3n) is 3.69. The average Bonchev–Trinajstić information content (AvgIpc) is 2.84. The molecule has 1 aliphatic heterocycles. The third kappa shape index (κ3) is 1.39. The van der Waals surface area contributed by atoms with Crippen molar-refractivity contribution in [2.24, 2.45) is 11.8 Å². The molecule has 2 N–H and O–H groups in total. The Kier molecular flexibility index (Phi) is 1.96. The summed E-state index contributed by atoms with van der Waals surface area (Å²) >= 11 is 0. The Labute approximate surface area is 95.2 Å². The second-order valence-electron chi connectivity index (χ2n) is 4.95. The first kappa shape index (κ1) is 9.70. The number of nitrogen functional groups attached to an aromatic ring is 1. The van der Waals surface area contributed by atoms with Crippen LogP contribution in [0.2, 0.25) is 0 Å². The highest BCUT2D eigenvalue weighted by Crippen LogP contribution is 2.41. The van der Waals surface area contributed by atoms with Crippen molar-refractivity contribution in [1.29, 1.82) is 0 Å². The van der Waals surface area contributed by atoms with E-state index in [0.29, 0.717) is 11.8 Å². The van der Waals surface area contributed by atoms with Gasteiger partial charge in [-0.2, -0.15) is 0 Å². The van der Waals surface area contributed by atoms with Crippen LogP contribution in [0.4, 0.5) is 11.4 Å². The van der Waals surface area contributed by atoms with Crippen LogP contribution in [0.15, 0.2) is 18.2 Å². The molecule has 1 fully saturated rings. The first-order valence-corrected chi connectivity index (χ1v) is 5.86. The maximum absolute atomic E-state index is 12.2. The van der Waals surface area contributed by atoms with Crippen molar-refractivity contribution in [3.8, 4) is 0 Å². The molecule has 0 bridgehead atoms. The number of nitrogens with zero attached hydrogens (tertiary/aromatic N) is 1. The van der Waals surface area contributed by atoms with Crippen molar-refractivity contribution in [1.82, 2.24) is 0 Å². The van der Waals surface area contributed by atoms with Gasteiger partial charge in [0, 0.05) is 23.8 Å². The van der Waals surface area contributed by atoms with Crippen LogP contribution in [0.5, 0.6) is 0 Å². The zero-order valence-electron chi connectivity index (χ0n) is 9.44. The maximum atomic E-state index is 12.2. The van der Waals surface area contributed by atoms with Gasteiger partial charge in [0.05, 0.1) is 0 Å². The fourth-order valence-corrected chi connectivity index (χ4v) is 2.52. The topological polar surface area (TPSA) is 46.3 Å². The van der Waals surface area contributed by atoms with E-state index in [-0.39, 0.29) is 5.92 Å². The number of benzene rings is 1. The molecule has 2 atom stereocenters. The molecule has 2 unspecified atom stereocenters. The minimum atomic E-state index is 0.267. The SMILES string of the molecule is CC1CC1C(=O)N1CCc2cc(N)ccc21. The molecule has 3 nitrogen and oxygen atoms in total. The second-order valence-corrected chi connectivity index (χ2v) is 4.95. The average molecular weight is 216 g/mol. The van der Waals surface area contributed by atoms with E-state index in [1.54, 1.807) is 0 Å². The summed E-state index contributed by atoms with van der Waals surface area (Å²) in [6.45, 7) is 2.96. The van der Waals surface area contributed by atoms with E-state index in [1.165, 1.54) is 5.56 Å². The van der Waals surface area contributed by atoms with Crippen molar-refractivity contribution >= 4 is 17.3 Å².